The van der Waals surface area contributed by atoms with Gasteiger partial charge in [0.1, 0.15) is 5.75 Å². The maximum absolute atomic E-state index is 12.0. The highest BCUT2D eigenvalue weighted by atomic mass is 16.6. The summed E-state index contributed by atoms with van der Waals surface area (Å²) in [5.74, 6) is 0.774. The van der Waals surface area contributed by atoms with Crippen LogP contribution in [0.1, 0.15) is 30.0 Å². The Balaban J connectivity index is 1.58. The third-order valence-corrected chi connectivity index (χ3v) is 3.83. The first kappa shape index (κ1) is 17.7. The number of hydrogen-bond donors (Lipinski definition) is 0. The molecule has 2 aromatic carbocycles. The van der Waals surface area contributed by atoms with Crippen LogP contribution < -0.4 is 4.74 Å². The minimum atomic E-state index is -0.658. The third-order valence-electron chi connectivity index (χ3n) is 3.83. The monoisotopic (exact) mass is 352 g/mol. The van der Waals surface area contributed by atoms with Crippen LogP contribution in [0.2, 0.25) is 0 Å². The summed E-state index contributed by atoms with van der Waals surface area (Å²) in [6.45, 7) is 5.41. The standard InChI is InChI=1S/C20H20N2O4/c1-13-8-10-16(11-9-13)20-22-21-19(26-20)15(3)25-18(23)12-24-17-7-5-4-6-14(17)2/h4-11,15H,12H2,1-3H3/t15-/m1/s1. The van der Waals surface area contributed by atoms with Crippen molar-refractivity contribution >= 4 is 5.97 Å². The van der Waals surface area contributed by atoms with E-state index in [1.54, 1.807) is 13.0 Å². The molecule has 0 saturated carbocycles. The normalized spacial score (nSPS) is 11.8. The summed E-state index contributed by atoms with van der Waals surface area (Å²) in [6, 6.07) is 15.2. The molecule has 1 heterocycles. The molecule has 0 aliphatic carbocycles. The van der Waals surface area contributed by atoms with E-state index >= 15 is 0 Å². The fourth-order valence-corrected chi connectivity index (χ4v) is 2.35. The second kappa shape index (κ2) is 7.82. The van der Waals surface area contributed by atoms with E-state index in [9.17, 15) is 4.79 Å². The van der Waals surface area contributed by atoms with Crippen molar-refractivity contribution in [3.63, 3.8) is 0 Å². The van der Waals surface area contributed by atoms with Crippen LogP contribution >= 0.6 is 0 Å². The molecule has 0 N–H and O–H groups in total. The molecule has 3 rings (SSSR count). The lowest BCUT2D eigenvalue weighted by molar-refractivity contribution is -0.152. The fourth-order valence-electron chi connectivity index (χ4n) is 2.35. The summed E-state index contributed by atoms with van der Waals surface area (Å²) in [4.78, 5) is 12.0. The molecule has 0 bridgehead atoms. The molecule has 3 aromatic rings. The van der Waals surface area contributed by atoms with Crippen LogP contribution in [-0.4, -0.2) is 22.8 Å². The number of carbonyl (C=O) groups is 1. The van der Waals surface area contributed by atoms with Crippen molar-refractivity contribution in [1.29, 1.82) is 0 Å². The lowest BCUT2D eigenvalue weighted by atomic mass is 10.1. The second-order valence-corrected chi connectivity index (χ2v) is 6.00. The van der Waals surface area contributed by atoms with Crippen molar-refractivity contribution in [2.24, 2.45) is 0 Å². The summed E-state index contributed by atoms with van der Waals surface area (Å²) < 4.78 is 16.4. The SMILES string of the molecule is Cc1ccc(-c2nnc([C@@H](C)OC(=O)COc3ccccc3C)o2)cc1. The quantitative estimate of drug-likeness (QED) is 0.623. The zero-order chi connectivity index (χ0) is 18.5. The Hall–Kier alpha value is -3.15. The molecule has 6 nitrogen and oxygen atoms in total. The van der Waals surface area contributed by atoms with Gasteiger partial charge in [0.05, 0.1) is 0 Å². The number of aryl methyl sites for hydroxylation is 2. The highest BCUT2D eigenvalue weighted by Gasteiger charge is 2.19. The van der Waals surface area contributed by atoms with Crippen molar-refractivity contribution in [2.45, 2.75) is 26.9 Å². The number of ether oxygens (including phenoxy) is 2. The van der Waals surface area contributed by atoms with Gasteiger partial charge in [-0.05, 0) is 44.5 Å². The first-order chi connectivity index (χ1) is 12.5. The van der Waals surface area contributed by atoms with E-state index in [0.29, 0.717) is 11.6 Å². The number of esters is 1. The minimum absolute atomic E-state index is 0.186. The zero-order valence-electron chi connectivity index (χ0n) is 14.9. The average molecular weight is 352 g/mol. The van der Waals surface area contributed by atoms with E-state index in [-0.39, 0.29) is 12.5 Å². The predicted molar refractivity (Wildman–Crippen MR) is 95.7 cm³/mol. The number of aromatic nitrogens is 2. The topological polar surface area (TPSA) is 74.5 Å². The van der Waals surface area contributed by atoms with Gasteiger partial charge in [-0.3, -0.25) is 0 Å². The molecular weight excluding hydrogens is 332 g/mol. The number of para-hydroxylation sites is 1. The molecular formula is C20H20N2O4. The van der Waals surface area contributed by atoms with Crippen LogP contribution in [0.3, 0.4) is 0 Å². The molecule has 0 unspecified atom stereocenters. The molecule has 1 aromatic heterocycles. The Morgan fingerprint density at radius 2 is 1.81 bits per heavy atom. The molecule has 0 spiro atoms. The van der Waals surface area contributed by atoms with Gasteiger partial charge in [0.2, 0.25) is 5.89 Å². The average Bonchev–Trinajstić information content (AvgIpc) is 3.12. The number of carbonyl (C=O) groups excluding carboxylic acids is 1. The summed E-state index contributed by atoms with van der Waals surface area (Å²) in [5.41, 5.74) is 2.91. The Morgan fingerprint density at radius 3 is 2.54 bits per heavy atom. The molecule has 0 aliphatic heterocycles. The number of benzene rings is 2. The molecule has 0 radical (unpaired) electrons. The first-order valence-corrected chi connectivity index (χ1v) is 8.31. The van der Waals surface area contributed by atoms with Crippen LogP contribution in [-0.2, 0) is 9.53 Å². The molecule has 0 amide bonds. The van der Waals surface area contributed by atoms with Gasteiger partial charge in [-0.2, -0.15) is 0 Å². The Labute approximate surface area is 151 Å². The molecule has 1 atom stereocenters. The molecule has 134 valence electrons. The minimum Gasteiger partial charge on any atom is -0.482 e. The van der Waals surface area contributed by atoms with Gasteiger partial charge in [0.15, 0.2) is 12.7 Å². The van der Waals surface area contributed by atoms with Gasteiger partial charge in [-0.15, -0.1) is 10.2 Å². The Bertz CT molecular complexity index is 887. The van der Waals surface area contributed by atoms with Gasteiger partial charge in [-0.25, -0.2) is 4.79 Å². The lowest BCUT2D eigenvalue weighted by Gasteiger charge is -2.11. The van der Waals surface area contributed by atoms with E-state index in [0.717, 1.165) is 16.7 Å². The van der Waals surface area contributed by atoms with Gasteiger partial charge in [0.25, 0.3) is 5.89 Å². The van der Waals surface area contributed by atoms with Gasteiger partial charge in [0, 0.05) is 5.56 Å². The summed E-state index contributed by atoms with van der Waals surface area (Å²) >= 11 is 0. The number of hydrogen-bond acceptors (Lipinski definition) is 6. The van der Waals surface area contributed by atoms with Crippen molar-refractivity contribution in [1.82, 2.24) is 10.2 Å². The van der Waals surface area contributed by atoms with Crippen LogP contribution in [0.25, 0.3) is 11.5 Å². The maximum atomic E-state index is 12.0. The lowest BCUT2D eigenvalue weighted by Crippen LogP contribution is -2.17. The summed E-state index contributed by atoms with van der Waals surface area (Å²) in [6.07, 6.45) is -0.658. The smallest absolute Gasteiger partial charge is 0.344 e. The van der Waals surface area contributed by atoms with Crippen molar-refractivity contribution < 1.29 is 18.7 Å². The maximum Gasteiger partial charge on any atom is 0.344 e. The largest absolute Gasteiger partial charge is 0.482 e. The highest BCUT2D eigenvalue weighted by Crippen LogP contribution is 2.23. The van der Waals surface area contributed by atoms with Crippen molar-refractivity contribution in [2.75, 3.05) is 6.61 Å². The molecule has 0 aliphatic rings. The highest BCUT2D eigenvalue weighted by molar-refractivity contribution is 5.71. The summed E-state index contributed by atoms with van der Waals surface area (Å²) in [7, 11) is 0. The van der Waals surface area contributed by atoms with Gasteiger partial charge in [-0.1, -0.05) is 35.9 Å². The summed E-state index contributed by atoms with van der Waals surface area (Å²) in [5, 5.41) is 7.98. The van der Waals surface area contributed by atoms with Crippen molar-refractivity contribution in [3.05, 3.63) is 65.5 Å². The van der Waals surface area contributed by atoms with Gasteiger partial charge >= 0.3 is 5.97 Å². The van der Waals surface area contributed by atoms with E-state index < -0.39 is 12.1 Å². The first-order valence-electron chi connectivity index (χ1n) is 8.31. The molecule has 6 heteroatoms. The Morgan fingerprint density at radius 1 is 1.08 bits per heavy atom. The number of nitrogens with zero attached hydrogens (tertiary/aromatic N) is 2. The van der Waals surface area contributed by atoms with E-state index in [2.05, 4.69) is 10.2 Å². The van der Waals surface area contributed by atoms with Crippen LogP contribution in [0.5, 0.6) is 5.75 Å². The predicted octanol–water partition coefficient (Wildman–Crippen LogP) is 4.04. The Kier molecular flexibility index (Phi) is 5.31. The number of rotatable bonds is 6. The van der Waals surface area contributed by atoms with Crippen LogP contribution in [0, 0.1) is 13.8 Å². The van der Waals surface area contributed by atoms with E-state index in [1.807, 2.05) is 56.3 Å². The molecule has 0 saturated heterocycles. The van der Waals surface area contributed by atoms with Gasteiger partial charge < -0.3 is 13.9 Å². The fraction of sp³-hybridized carbons (Fsp3) is 0.250. The molecule has 0 fully saturated rings. The van der Waals surface area contributed by atoms with Crippen LogP contribution in [0.4, 0.5) is 0 Å². The van der Waals surface area contributed by atoms with E-state index in [4.69, 9.17) is 13.9 Å². The third kappa shape index (κ3) is 4.27. The molecule has 26 heavy (non-hydrogen) atoms. The van der Waals surface area contributed by atoms with E-state index in [1.165, 1.54) is 0 Å². The van der Waals surface area contributed by atoms with Crippen LogP contribution in [0.15, 0.2) is 52.9 Å². The van der Waals surface area contributed by atoms with Crippen molar-refractivity contribution in [3.8, 4) is 17.2 Å². The zero-order valence-corrected chi connectivity index (χ0v) is 14.9. The second-order valence-electron chi connectivity index (χ2n) is 6.00.